The summed E-state index contributed by atoms with van der Waals surface area (Å²) < 4.78 is 21.6. The highest BCUT2D eigenvalue weighted by Gasteiger charge is 2.22. The molecule has 0 aliphatic carbocycles. The average molecular weight is 430 g/mol. The Morgan fingerprint density at radius 1 is 0.806 bits per heavy atom. The Morgan fingerprint density at radius 2 is 1.45 bits per heavy atom. The summed E-state index contributed by atoms with van der Waals surface area (Å²) in [6.45, 7) is 4.51. The molecule has 0 spiro atoms. The zero-order valence-electron chi connectivity index (χ0n) is 18.6. The lowest BCUT2D eigenvalue weighted by atomic mass is 10.1. The van der Waals surface area contributed by atoms with Crippen LogP contribution in [0.15, 0.2) is 36.4 Å². The smallest absolute Gasteiger partial charge is 0.238 e. The number of benzene rings is 2. The molecule has 0 saturated carbocycles. The van der Waals surface area contributed by atoms with E-state index in [4.69, 9.17) is 18.9 Å². The minimum atomic E-state index is -0.0137. The van der Waals surface area contributed by atoms with Gasteiger partial charge in [-0.1, -0.05) is 6.07 Å². The Hall–Kier alpha value is -2.97. The van der Waals surface area contributed by atoms with Crippen LogP contribution in [0.1, 0.15) is 5.56 Å². The van der Waals surface area contributed by atoms with Gasteiger partial charge >= 0.3 is 0 Å². The summed E-state index contributed by atoms with van der Waals surface area (Å²) in [5.41, 5.74) is 1.82. The summed E-state index contributed by atoms with van der Waals surface area (Å²) in [5, 5.41) is 2.94. The molecular formula is C23H31N3O5. The van der Waals surface area contributed by atoms with Crippen molar-refractivity contribution in [3.8, 4) is 23.0 Å². The second-order valence-electron chi connectivity index (χ2n) is 7.32. The molecule has 0 atom stereocenters. The second-order valence-corrected chi connectivity index (χ2v) is 7.32. The summed E-state index contributed by atoms with van der Waals surface area (Å²) in [4.78, 5) is 16.9. The van der Waals surface area contributed by atoms with E-state index in [0.29, 0.717) is 23.8 Å². The molecule has 2 aromatic rings. The third-order valence-electron chi connectivity index (χ3n) is 5.39. The number of carbonyl (C=O) groups excluding carboxylic acids is 1. The van der Waals surface area contributed by atoms with Crippen LogP contribution in [0.25, 0.3) is 0 Å². The van der Waals surface area contributed by atoms with Crippen LogP contribution < -0.4 is 24.3 Å². The monoisotopic (exact) mass is 429 g/mol. The maximum absolute atomic E-state index is 12.4. The highest BCUT2D eigenvalue weighted by molar-refractivity contribution is 5.92. The number of carbonyl (C=O) groups is 1. The van der Waals surface area contributed by atoms with Gasteiger partial charge in [-0.25, -0.2) is 0 Å². The van der Waals surface area contributed by atoms with E-state index in [-0.39, 0.29) is 5.91 Å². The van der Waals surface area contributed by atoms with E-state index in [2.05, 4.69) is 15.1 Å². The molecule has 1 aliphatic rings. The van der Waals surface area contributed by atoms with Gasteiger partial charge in [0, 0.05) is 44.0 Å². The fourth-order valence-electron chi connectivity index (χ4n) is 3.71. The van der Waals surface area contributed by atoms with E-state index < -0.39 is 0 Å². The van der Waals surface area contributed by atoms with Crippen LogP contribution in [0.4, 0.5) is 5.69 Å². The molecule has 1 fully saturated rings. The molecule has 31 heavy (non-hydrogen) atoms. The van der Waals surface area contributed by atoms with Gasteiger partial charge in [-0.3, -0.25) is 14.6 Å². The zero-order chi connectivity index (χ0) is 22.2. The molecule has 0 radical (unpaired) electrons. The van der Waals surface area contributed by atoms with Crippen LogP contribution in [-0.2, 0) is 11.3 Å². The quantitative estimate of drug-likeness (QED) is 0.657. The predicted molar refractivity (Wildman–Crippen MR) is 119 cm³/mol. The Kier molecular flexibility index (Phi) is 7.97. The molecule has 8 heteroatoms. The summed E-state index contributed by atoms with van der Waals surface area (Å²) in [6.07, 6.45) is 0. The van der Waals surface area contributed by atoms with E-state index in [1.54, 1.807) is 28.4 Å². The van der Waals surface area contributed by atoms with Gasteiger partial charge in [-0.05, 0) is 30.3 Å². The molecule has 3 rings (SSSR count). The molecule has 1 aliphatic heterocycles. The molecule has 2 aromatic carbocycles. The van der Waals surface area contributed by atoms with Gasteiger partial charge in [0.1, 0.15) is 5.75 Å². The second kappa shape index (κ2) is 10.9. The first kappa shape index (κ1) is 22.7. The van der Waals surface area contributed by atoms with Gasteiger partial charge in [0.2, 0.25) is 11.7 Å². The molecule has 168 valence electrons. The Morgan fingerprint density at radius 3 is 2.03 bits per heavy atom. The lowest BCUT2D eigenvalue weighted by Gasteiger charge is -2.34. The summed E-state index contributed by atoms with van der Waals surface area (Å²) >= 11 is 0. The van der Waals surface area contributed by atoms with Gasteiger partial charge in [0.05, 0.1) is 35.0 Å². The molecule has 1 N–H and O–H groups in total. The number of methoxy groups -OCH3 is 4. The number of nitrogens with one attached hydrogen (secondary N) is 1. The third kappa shape index (κ3) is 5.80. The van der Waals surface area contributed by atoms with E-state index >= 15 is 0 Å². The van der Waals surface area contributed by atoms with Gasteiger partial charge in [-0.15, -0.1) is 0 Å². The lowest BCUT2D eigenvalue weighted by molar-refractivity contribution is -0.117. The van der Waals surface area contributed by atoms with Crippen LogP contribution in [0.3, 0.4) is 0 Å². The fourth-order valence-corrected chi connectivity index (χ4v) is 3.71. The van der Waals surface area contributed by atoms with Crippen LogP contribution in [0, 0.1) is 0 Å². The summed E-state index contributed by atoms with van der Waals surface area (Å²) in [5.74, 6) is 2.70. The van der Waals surface area contributed by atoms with Crippen LogP contribution in [0.2, 0.25) is 0 Å². The van der Waals surface area contributed by atoms with Gasteiger partial charge < -0.3 is 24.3 Å². The maximum atomic E-state index is 12.4. The van der Waals surface area contributed by atoms with Gasteiger partial charge in [0.15, 0.2) is 11.5 Å². The number of ether oxygens (including phenoxy) is 4. The summed E-state index contributed by atoms with van der Waals surface area (Å²) in [6, 6.07) is 11.2. The van der Waals surface area contributed by atoms with E-state index in [0.717, 1.165) is 49.7 Å². The highest BCUT2D eigenvalue weighted by atomic mass is 16.5. The first-order chi connectivity index (χ1) is 15.1. The van der Waals surface area contributed by atoms with Crippen molar-refractivity contribution < 1.29 is 23.7 Å². The van der Waals surface area contributed by atoms with E-state index in [9.17, 15) is 4.79 Å². The predicted octanol–water partition coefficient (Wildman–Crippen LogP) is 2.48. The molecule has 1 saturated heterocycles. The lowest BCUT2D eigenvalue weighted by Crippen LogP contribution is -2.48. The molecule has 0 aromatic heterocycles. The van der Waals surface area contributed by atoms with E-state index in [1.165, 1.54) is 0 Å². The van der Waals surface area contributed by atoms with Crippen molar-refractivity contribution in [3.05, 3.63) is 42.0 Å². The van der Waals surface area contributed by atoms with E-state index in [1.807, 2.05) is 36.4 Å². The van der Waals surface area contributed by atoms with Crippen molar-refractivity contribution in [1.82, 2.24) is 9.80 Å². The number of piperazine rings is 1. The summed E-state index contributed by atoms with van der Waals surface area (Å²) in [7, 11) is 6.48. The SMILES string of the molecule is COc1ccc(NC(=O)CN2CCN(Cc3ccc(OC)c(OC)c3OC)CC2)cc1. The van der Waals surface area contributed by atoms with Crippen LogP contribution in [-0.4, -0.2) is 76.9 Å². The number of rotatable bonds is 9. The van der Waals surface area contributed by atoms with Crippen molar-refractivity contribution in [2.45, 2.75) is 6.54 Å². The first-order valence-electron chi connectivity index (χ1n) is 10.2. The zero-order valence-corrected chi connectivity index (χ0v) is 18.6. The topological polar surface area (TPSA) is 72.5 Å². The highest BCUT2D eigenvalue weighted by Crippen LogP contribution is 2.40. The number of amides is 1. The normalized spacial score (nSPS) is 14.7. The van der Waals surface area contributed by atoms with Crippen molar-refractivity contribution >= 4 is 11.6 Å². The number of hydrogen-bond donors (Lipinski definition) is 1. The van der Waals surface area contributed by atoms with Crippen molar-refractivity contribution in [1.29, 1.82) is 0 Å². The Balaban J connectivity index is 1.51. The molecule has 8 nitrogen and oxygen atoms in total. The van der Waals surface area contributed by atoms with Crippen molar-refractivity contribution in [2.75, 3.05) is 66.5 Å². The molecule has 0 unspecified atom stereocenters. The largest absolute Gasteiger partial charge is 0.497 e. The minimum absolute atomic E-state index is 0.0137. The number of anilines is 1. The van der Waals surface area contributed by atoms with Crippen molar-refractivity contribution in [2.24, 2.45) is 0 Å². The molecule has 1 heterocycles. The Bertz CT molecular complexity index is 864. The average Bonchev–Trinajstić information content (AvgIpc) is 2.80. The third-order valence-corrected chi connectivity index (χ3v) is 5.39. The molecule has 1 amide bonds. The van der Waals surface area contributed by atoms with Crippen LogP contribution >= 0.6 is 0 Å². The number of hydrogen-bond acceptors (Lipinski definition) is 7. The minimum Gasteiger partial charge on any atom is -0.497 e. The van der Waals surface area contributed by atoms with Gasteiger partial charge in [-0.2, -0.15) is 0 Å². The maximum Gasteiger partial charge on any atom is 0.238 e. The fraction of sp³-hybridized carbons (Fsp3) is 0.435. The first-order valence-corrected chi connectivity index (χ1v) is 10.2. The van der Waals surface area contributed by atoms with Crippen LogP contribution in [0.5, 0.6) is 23.0 Å². The number of nitrogens with zero attached hydrogens (tertiary/aromatic N) is 2. The van der Waals surface area contributed by atoms with Gasteiger partial charge in [0.25, 0.3) is 0 Å². The Labute approximate surface area is 183 Å². The van der Waals surface area contributed by atoms with Crippen molar-refractivity contribution in [3.63, 3.8) is 0 Å². The molecular weight excluding hydrogens is 398 g/mol. The molecule has 0 bridgehead atoms. The standard InChI is InChI=1S/C23H31N3O5/c1-28-19-8-6-18(7-9-19)24-21(27)16-26-13-11-25(12-14-26)15-17-5-10-20(29-2)23(31-4)22(17)30-3/h5-10H,11-16H2,1-4H3,(H,24,27).